The van der Waals surface area contributed by atoms with Crippen LogP contribution in [0.1, 0.15) is 11.1 Å². The number of rotatable bonds is 5. The van der Waals surface area contributed by atoms with Crippen LogP contribution in [0, 0.1) is 0 Å². The first-order chi connectivity index (χ1) is 12.6. The second kappa shape index (κ2) is 7.84. The van der Waals surface area contributed by atoms with E-state index in [-0.39, 0.29) is 13.0 Å². The SMILES string of the molecule is COC(=O)[C@@H](O)Cc1cn(C(=O)OCc2ccccc2)c2ccccc12. The molecule has 1 N–H and O–H groups in total. The molecule has 3 rings (SSSR count). The monoisotopic (exact) mass is 353 g/mol. The summed E-state index contributed by atoms with van der Waals surface area (Å²) in [4.78, 5) is 24.0. The third-order valence-corrected chi connectivity index (χ3v) is 4.08. The standard InChI is InChI=1S/C20H19NO5/c1-25-19(23)18(22)11-15-12-21(17-10-6-5-9-16(15)17)20(24)26-13-14-7-3-2-4-8-14/h2-10,12,18,22H,11,13H2,1H3/t18-/m0/s1. The molecule has 0 spiro atoms. The Kier molecular flexibility index (Phi) is 5.34. The zero-order chi connectivity index (χ0) is 18.5. The molecule has 1 aromatic heterocycles. The van der Waals surface area contributed by atoms with Crippen molar-refractivity contribution in [1.29, 1.82) is 0 Å². The van der Waals surface area contributed by atoms with Crippen molar-refractivity contribution in [3.8, 4) is 0 Å². The van der Waals surface area contributed by atoms with Crippen LogP contribution in [0.2, 0.25) is 0 Å². The summed E-state index contributed by atoms with van der Waals surface area (Å²) in [5.74, 6) is -0.714. The Morgan fingerprint density at radius 3 is 2.50 bits per heavy atom. The van der Waals surface area contributed by atoms with Gasteiger partial charge in [0, 0.05) is 18.0 Å². The molecule has 6 nitrogen and oxygen atoms in total. The van der Waals surface area contributed by atoms with Gasteiger partial charge in [-0.2, -0.15) is 0 Å². The maximum Gasteiger partial charge on any atom is 0.418 e. The molecule has 0 amide bonds. The van der Waals surface area contributed by atoms with Gasteiger partial charge in [-0.3, -0.25) is 4.57 Å². The van der Waals surface area contributed by atoms with E-state index in [0.29, 0.717) is 11.1 Å². The number of methoxy groups -OCH3 is 1. The van der Waals surface area contributed by atoms with E-state index in [1.165, 1.54) is 11.7 Å². The van der Waals surface area contributed by atoms with Gasteiger partial charge in [0.2, 0.25) is 0 Å². The van der Waals surface area contributed by atoms with Crippen LogP contribution in [0.4, 0.5) is 4.79 Å². The third kappa shape index (κ3) is 3.75. The smallest absolute Gasteiger partial charge is 0.418 e. The van der Waals surface area contributed by atoms with Crippen LogP contribution in [0.25, 0.3) is 10.9 Å². The predicted molar refractivity (Wildman–Crippen MR) is 95.7 cm³/mol. The third-order valence-electron chi connectivity index (χ3n) is 4.08. The Hall–Kier alpha value is -3.12. The van der Waals surface area contributed by atoms with Gasteiger partial charge < -0.3 is 14.6 Å². The number of para-hydroxylation sites is 1. The highest BCUT2D eigenvalue weighted by molar-refractivity contribution is 5.92. The molecule has 2 aromatic carbocycles. The molecule has 1 heterocycles. The van der Waals surface area contributed by atoms with E-state index in [2.05, 4.69) is 4.74 Å². The van der Waals surface area contributed by atoms with Crippen LogP contribution in [-0.2, 0) is 27.3 Å². The van der Waals surface area contributed by atoms with E-state index < -0.39 is 18.2 Å². The van der Waals surface area contributed by atoms with Gasteiger partial charge in [0.1, 0.15) is 6.61 Å². The maximum absolute atomic E-state index is 12.5. The number of fused-ring (bicyclic) bond motifs is 1. The van der Waals surface area contributed by atoms with Crippen molar-refractivity contribution in [2.45, 2.75) is 19.1 Å². The lowest BCUT2D eigenvalue weighted by molar-refractivity contribution is -0.150. The van der Waals surface area contributed by atoms with Crippen molar-refractivity contribution in [1.82, 2.24) is 4.57 Å². The lowest BCUT2D eigenvalue weighted by Crippen LogP contribution is -2.24. The van der Waals surface area contributed by atoms with Crippen molar-refractivity contribution >= 4 is 23.0 Å². The first-order valence-electron chi connectivity index (χ1n) is 8.16. The molecule has 0 bridgehead atoms. The van der Waals surface area contributed by atoms with Gasteiger partial charge in [-0.05, 0) is 17.2 Å². The van der Waals surface area contributed by atoms with Crippen molar-refractivity contribution in [2.24, 2.45) is 0 Å². The number of hydrogen-bond donors (Lipinski definition) is 1. The summed E-state index contributed by atoms with van der Waals surface area (Å²) >= 11 is 0. The molecule has 0 aliphatic rings. The van der Waals surface area contributed by atoms with Crippen LogP contribution in [0.5, 0.6) is 0 Å². The number of aromatic nitrogens is 1. The molecule has 26 heavy (non-hydrogen) atoms. The Morgan fingerprint density at radius 1 is 1.08 bits per heavy atom. The molecule has 6 heteroatoms. The number of aliphatic hydroxyl groups is 1. The predicted octanol–water partition coefficient (Wildman–Crippen LogP) is 2.90. The molecule has 0 aliphatic carbocycles. The average Bonchev–Trinajstić information content (AvgIpc) is 3.05. The van der Waals surface area contributed by atoms with Gasteiger partial charge in [0.05, 0.1) is 12.6 Å². The second-order valence-electron chi connectivity index (χ2n) is 5.82. The Labute approximate surface area is 150 Å². The van der Waals surface area contributed by atoms with E-state index >= 15 is 0 Å². The van der Waals surface area contributed by atoms with Gasteiger partial charge in [0.15, 0.2) is 6.10 Å². The number of benzene rings is 2. The fourth-order valence-corrected chi connectivity index (χ4v) is 2.78. The fourth-order valence-electron chi connectivity index (χ4n) is 2.78. The summed E-state index contributed by atoms with van der Waals surface area (Å²) in [6, 6.07) is 16.6. The number of carbonyl (C=O) groups is 2. The molecule has 1 atom stereocenters. The topological polar surface area (TPSA) is 77.8 Å². The molecule has 3 aromatic rings. The highest BCUT2D eigenvalue weighted by Gasteiger charge is 2.21. The van der Waals surface area contributed by atoms with Crippen LogP contribution in [0.15, 0.2) is 60.8 Å². The van der Waals surface area contributed by atoms with Gasteiger partial charge in [-0.1, -0.05) is 48.5 Å². The molecule has 0 saturated heterocycles. The minimum atomic E-state index is -1.29. The summed E-state index contributed by atoms with van der Waals surface area (Å²) in [6.07, 6.45) is -0.181. The van der Waals surface area contributed by atoms with Crippen molar-refractivity contribution in [2.75, 3.05) is 7.11 Å². The first-order valence-corrected chi connectivity index (χ1v) is 8.16. The minimum absolute atomic E-state index is 0.0478. The lowest BCUT2D eigenvalue weighted by atomic mass is 10.1. The number of carbonyl (C=O) groups excluding carboxylic acids is 2. The van der Waals surface area contributed by atoms with E-state index in [1.807, 2.05) is 48.5 Å². The molecule has 0 aliphatic heterocycles. The summed E-state index contributed by atoms with van der Waals surface area (Å²) in [5, 5.41) is 10.7. The largest absolute Gasteiger partial charge is 0.467 e. The van der Waals surface area contributed by atoms with Crippen molar-refractivity contribution in [3.63, 3.8) is 0 Å². The van der Waals surface area contributed by atoms with Crippen LogP contribution < -0.4 is 0 Å². The van der Waals surface area contributed by atoms with Gasteiger partial charge in [0.25, 0.3) is 0 Å². The molecule has 0 saturated carbocycles. The van der Waals surface area contributed by atoms with Gasteiger partial charge in [-0.15, -0.1) is 0 Å². The molecule has 0 fully saturated rings. The normalized spacial score (nSPS) is 11.9. The van der Waals surface area contributed by atoms with E-state index in [9.17, 15) is 14.7 Å². The number of aliphatic hydroxyl groups excluding tert-OH is 1. The first kappa shape index (κ1) is 17.7. The van der Waals surface area contributed by atoms with Crippen LogP contribution in [-0.4, -0.2) is 34.9 Å². The highest BCUT2D eigenvalue weighted by atomic mass is 16.5. The fraction of sp³-hybridized carbons (Fsp3) is 0.200. The van der Waals surface area contributed by atoms with E-state index in [4.69, 9.17) is 4.74 Å². The molecule has 134 valence electrons. The maximum atomic E-state index is 12.5. The average molecular weight is 353 g/mol. The lowest BCUT2D eigenvalue weighted by Gasteiger charge is -2.07. The second-order valence-corrected chi connectivity index (χ2v) is 5.82. The quantitative estimate of drug-likeness (QED) is 0.714. The number of esters is 1. The number of hydrogen-bond acceptors (Lipinski definition) is 5. The summed E-state index contributed by atoms with van der Waals surface area (Å²) in [7, 11) is 1.22. The molecular formula is C20H19NO5. The Morgan fingerprint density at radius 2 is 1.77 bits per heavy atom. The molecule has 0 unspecified atom stereocenters. The van der Waals surface area contributed by atoms with Crippen LogP contribution in [0.3, 0.4) is 0 Å². The summed E-state index contributed by atoms with van der Waals surface area (Å²) in [6.45, 7) is 0.159. The van der Waals surface area contributed by atoms with Gasteiger partial charge in [-0.25, -0.2) is 9.59 Å². The van der Waals surface area contributed by atoms with E-state index in [1.54, 1.807) is 12.3 Å². The number of nitrogens with zero attached hydrogens (tertiary/aromatic N) is 1. The molecular weight excluding hydrogens is 334 g/mol. The highest BCUT2D eigenvalue weighted by Crippen LogP contribution is 2.23. The van der Waals surface area contributed by atoms with Crippen molar-refractivity contribution in [3.05, 3.63) is 71.9 Å². The zero-order valence-electron chi connectivity index (χ0n) is 14.3. The molecule has 0 radical (unpaired) electrons. The summed E-state index contributed by atoms with van der Waals surface area (Å²) < 4.78 is 11.3. The van der Waals surface area contributed by atoms with E-state index in [0.717, 1.165) is 10.9 Å². The Balaban J connectivity index is 1.84. The zero-order valence-corrected chi connectivity index (χ0v) is 14.3. The van der Waals surface area contributed by atoms with Gasteiger partial charge >= 0.3 is 12.1 Å². The summed E-state index contributed by atoms with van der Waals surface area (Å²) in [5.41, 5.74) is 2.20. The Bertz CT molecular complexity index is 916. The minimum Gasteiger partial charge on any atom is -0.467 e. The number of ether oxygens (including phenoxy) is 2. The van der Waals surface area contributed by atoms with Crippen molar-refractivity contribution < 1.29 is 24.2 Å². The van der Waals surface area contributed by atoms with Crippen LogP contribution >= 0.6 is 0 Å².